The average molecular weight is 419 g/mol. The summed E-state index contributed by atoms with van der Waals surface area (Å²) in [5, 5.41) is 13.2. The Morgan fingerprint density at radius 2 is 0.697 bits per heavy atom. The van der Waals surface area contributed by atoms with E-state index in [0.717, 1.165) is 6.42 Å². The van der Waals surface area contributed by atoms with Gasteiger partial charge >= 0.3 is 0 Å². The van der Waals surface area contributed by atoms with Gasteiger partial charge in [0.15, 0.2) is 0 Å². The molecule has 154 valence electrons. The van der Waals surface area contributed by atoms with E-state index in [2.05, 4.69) is 121 Å². The lowest BCUT2D eigenvalue weighted by Gasteiger charge is -2.10. The van der Waals surface area contributed by atoms with Crippen LogP contribution in [0, 0.1) is 0 Å². The number of fused-ring (bicyclic) bond motifs is 8. The molecule has 0 N–H and O–H groups in total. The number of benzene rings is 7. The molecule has 0 aromatic heterocycles. The third-order valence-corrected chi connectivity index (χ3v) is 7.02. The maximum absolute atomic E-state index is 2.36. The second-order valence-electron chi connectivity index (χ2n) is 9.02. The summed E-state index contributed by atoms with van der Waals surface area (Å²) in [6, 6.07) is 44.7. The van der Waals surface area contributed by atoms with Gasteiger partial charge in [-0.05, 0) is 71.4 Å². The van der Waals surface area contributed by atoms with Gasteiger partial charge in [-0.15, -0.1) is 0 Å². The standard InChI is InChI=1S/C33H22/c1-3-7-28-24(5-1)11-12-26-20-22(9-15-30(26)28)19-23-10-16-31-27(21-23)14-18-32-29-8-4-2-6-25(29)13-17-33(31)32/h1-18,20-21H,19H2. The van der Waals surface area contributed by atoms with Crippen LogP contribution < -0.4 is 0 Å². The largest absolute Gasteiger partial charge is 0.0616 e. The first kappa shape index (κ1) is 18.4. The highest BCUT2D eigenvalue weighted by molar-refractivity contribution is 6.17. The molecule has 7 aromatic carbocycles. The lowest BCUT2D eigenvalue weighted by atomic mass is 9.94. The number of hydrogen-bond donors (Lipinski definition) is 0. The first-order valence-electron chi connectivity index (χ1n) is 11.6. The van der Waals surface area contributed by atoms with Gasteiger partial charge in [0, 0.05) is 0 Å². The van der Waals surface area contributed by atoms with Crippen LogP contribution in [0.2, 0.25) is 0 Å². The zero-order valence-corrected chi connectivity index (χ0v) is 18.3. The van der Waals surface area contributed by atoms with Crippen LogP contribution in [-0.4, -0.2) is 0 Å². The van der Waals surface area contributed by atoms with E-state index < -0.39 is 0 Å². The van der Waals surface area contributed by atoms with Gasteiger partial charge in [0.2, 0.25) is 0 Å². The summed E-state index contributed by atoms with van der Waals surface area (Å²) in [6.45, 7) is 0. The predicted molar refractivity (Wildman–Crippen MR) is 143 cm³/mol. The van der Waals surface area contributed by atoms with E-state index in [4.69, 9.17) is 0 Å². The molecule has 0 atom stereocenters. The summed E-state index contributed by atoms with van der Waals surface area (Å²) in [5.41, 5.74) is 2.70. The molecule has 0 aliphatic heterocycles. The van der Waals surface area contributed by atoms with Crippen LogP contribution >= 0.6 is 0 Å². The third-order valence-electron chi connectivity index (χ3n) is 7.02. The molecule has 7 rings (SSSR count). The van der Waals surface area contributed by atoms with Gasteiger partial charge in [-0.3, -0.25) is 0 Å². The Kier molecular flexibility index (Phi) is 4.01. The molecule has 0 saturated heterocycles. The molecule has 0 bridgehead atoms. The fourth-order valence-corrected chi connectivity index (χ4v) is 5.40. The smallest absolute Gasteiger partial charge is 0.00253 e. The second kappa shape index (κ2) is 7.18. The molecule has 0 spiro atoms. The molecule has 0 aliphatic carbocycles. The summed E-state index contributed by atoms with van der Waals surface area (Å²) in [6.07, 6.45) is 0.939. The van der Waals surface area contributed by atoms with Crippen LogP contribution in [0.4, 0.5) is 0 Å². The Bertz CT molecular complexity index is 1840. The minimum Gasteiger partial charge on any atom is -0.0616 e. The van der Waals surface area contributed by atoms with Crippen molar-refractivity contribution in [1.29, 1.82) is 0 Å². The summed E-state index contributed by atoms with van der Waals surface area (Å²) < 4.78 is 0. The minimum absolute atomic E-state index is 0.939. The molecule has 0 aliphatic rings. The highest BCUT2D eigenvalue weighted by Crippen LogP contribution is 2.32. The molecule has 0 radical (unpaired) electrons. The molecule has 7 aromatic rings. The van der Waals surface area contributed by atoms with Gasteiger partial charge in [0.25, 0.3) is 0 Å². The first-order chi connectivity index (χ1) is 16.3. The number of rotatable bonds is 2. The predicted octanol–water partition coefficient (Wildman–Crippen LogP) is 9.04. The van der Waals surface area contributed by atoms with Crippen molar-refractivity contribution in [3.05, 3.63) is 132 Å². The van der Waals surface area contributed by atoms with E-state index in [1.165, 1.54) is 65.0 Å². The van der Waals surface area contributed by atoms with Gasteiger partial charge in [-0.2, -0.15) is 0 Å². The fourth-order valence-electron chi connectivity index (χ4n) is 5.40. The van der Waals surface area contributed by atoms with Crippen LogP contribution in [0.25, 0.3) is 53.9 Å². The molecule has 0 nitrogen and oxygen atoms in total. The average Bonchev–Trinajstić information content (AvgIpc) is 2.88. The van der Waals surface area contributed by atoms with Crippen molar-refractivity contribution in [1.82, 2.24) is 0 Å². The molecule has 0 fully saturated rings. The minimum atomic E-state index is 0.939. The van der Waals surface area contributed by atoms with E-state index in [-0.39, 0.29) is 0 Å². The van der Waals surface area contributed by atoms with Gasteiger partial charge in [0.05, 0.1) is 0 Å². The van der Waals surface area contributed by atoms with Crippen molar-refractivity contribution in [2.45, 2.75) is 6.42 Å². The molecule has 0 amide bonds. The summed E-state index contributed by atoms with van der Waals surface area (Å²) in [4.78, 5) is 0. The van der Waals surface area contributed by atoms with Crippen LogP contribution in [0.3, 0.4) is 0 Å². The van der Waals surface area contributed by atoms with Crippen molar-refractivity contribution >= 4 is 53.9 Å². The highest BCUT2D eigenvalue weighted by atomic mass is 14.1. The van der Waals surface area contributed by atoms with Crippen LogP contribution in [0.5, 0.6) is 0 Å². The van der Waals surface area contributed by atoms with E-state index in [0.29, 0.717) is 0 Å². The van der Waals surface area contributed by atoms with Crippen molar-refractivity contribution in [3.8, 4) is 0 Å². The molecular weight excluding hydrogens is 396 g/mol. The second-order valence-corrected chi connectivity index (χ2v) is 9.02. The Labute approximate surface area is 192 Å². The SMILES string of the molecule is c1ccc2c(c1)ccc1cc(Cc3ccc4c(ccc5c6ccccc6ccc45)c3)ccc12. The molecule has 0 unspecified atom stereocenters. The maximum atomic E-state index is 2.36. The Morgan fingerprint density at radius 1 is 0.303 bits per heavy atom. The molecule has 0 heteroatoms. The van der Waals surface area contributed by atoms with Crippen molar-refractivity contribution < 1.29 is 0 Å². The molecule has 33 heavy (non-hydrogen) atoms. The molecular formula is C33H22. The van der Waals surface area contributed by atoms with E-state index >= 15 is 0 Å². The van der Waals surface area contributed by atoms with Gasteiger partial charge < -0.3 is 0 Å². The van der Waals surface area contributed by atoms with Gasteiger partial charge in [0.1, 0.15) is 0 Å². The zero-order valence-electron chi connectivity index (χ0n) is 18.3. The van der Waals surface area contributed by atoms with Crippen LogP contribution in [-0.2, 0) is 6.42 Å². The van der Waals surface area contributed by atoms with Crippen LogP contribution in [0.1, 0.15) is 11.1 Å². The number of hydrogen-bond acceptors (Lipinski definition) is 0. The normalized spacial score (nSPS) is 11.8. The summed E-state index contributed by atoms with van der Waals surface area (Å²) >= 11 is 0. The fraction of sp³-hybridized carbons (Fsp3) is 0.0303. The summed E-state index contributed by atoms with van der Waals surface area (Å²) in [5.74, 6) is 0. The van der Waals surface area contributed by atoms with E-state index in [1.807, 2.05) is 0 Å². The zero-order chi connectivity index (χ0) is 21.8. The summed E-state index contributed by atoms with van der Waals surface area (Å²) in [7, 11) is 0. The van der Waals surface area contributed by atoms with E-state index in [9.17, 15) is 0 Å². The van der Waals surface area contributed by atoms with Crippen molar-refractivity contribution in [2.75, 3.05) is 0 Å². The maximum Gasteiger partial charge on any atom is -0.00253 e. The lowest BCUT2D eigenvalue weighted by Crippen LogP contribution is -1.90. The monoisotopic (exact) mass is 418 g/mol. The Morgan fingerprint density at radius 3 is 1.33 bits per heavy atom. The molecule has 0 heterocycles. The van der Waals surface area contributed by atoms with Crippen LogP contribution in [0.15, 0.2) is 121 Å². The topological polar surface area (TPSA) is 0 Å². The quantitative estimate of drug-likeness (QED) is 0.246. The van der Waals surface area contributed by atoms with Crippen molar-refractivity contribution in [3.63, 3.8) is 0 Å². The Hall–Kier alpha value is -4.16. The van der Waals surface area contributed by atoms with Gasteiger partial charge in [-0.1, -0.05) is 121 Å². The Balaban J connectivity index is 1.30. The highest BCUT2D eigenvalue weighted by Gasteiger charge is 2.07. The first-order valence-corrected chi connectivity index (χ1v) is 11.6. The van der Waals surface area contributed by atoms with Crippen molar-refractivity contribution in [2.24, 2.45) is 0 Å². The third kappa shape index (κ3) is 2.99. The lowest BCUT2D eigenvalue weighted by molar-refractivity contribution is 1.21. The van der Waals surface area contributed by atoms with E-state index in [1.54, 1.807) is 0 Å². The molecule has 0 saturated carbocycles. The van der Waals surface area contributed by atoms with Gasteiger partial charge in [-0.25, -0.2) is 0 Å².